The number of carbonyl (C=O) groups excluding carboxylic acids is 3. The Bertz CT molecular complexity index is 1140. The van der Waals surface area contributed by atoms with E-state index in [-0.39, 0.29) is 59.2 Å². The molecule has 3 aliphatic rings. The fourth-order valence-corrected chi connectivity index (χ4v) is 8.39. The number of carbonyl (C=O) groups is 3. The highest BCUT2D eigenvalue weighted by Crippen LogP contribution is 2.69. The number of fused-ring (bicyclic) bond motifs is 3. The molecule has 0 radical (unpaired) electrons. The second kappa shape index (κ2) is 12.2. The van der Waals surface area contributed by atoms with E-state index in [0.29, 0.717) is 19.3 Å². The van der Waals surface area contributed by atoms with Crippen LogP contribution in [0.5, 0.6) is 0 Å². The maximum atomic E-state index is 13.6. The molecule has 3 rings (SSSR count). The normalized spacial score (nSPS) is 36.0. The number of rotatable bonds is 8. The van der Waals surface area contributed by atoms with Crippen LogP contribution in [0, 0.1) is 28.1 Å². The molecule has 0 unspecified atom stereocenters. The maximum absolute atomic E-state index is 13.6. The first kappa shape index (κ1) is 32.0. The third-order valence-corrected chi connectivity index (χ3v) is 10.3. The minimum atomic E-state index is -0.531. The van der Waals surface area contributed by atoms with Gasteiger partial charge in [-0.25, -0.2) is 0 Å². The molecule has 6 heteroatoms. The number of allylic oxidation sites excluding steroid dienone is 6. The summed E-state index contributed by atoms with van der Waals surface area (Å²) in [5.41, 5.74) is 3.11. The molecule has 40 heavy (non-hydrogen) atoms. The van der Waals surface area contributed by atoms with Crippen molar-refractivity contribution >= 4 is 17.7 Å². The molecule has 3 aliphatic carbocycles. The number of Topliss-reactive ketones (excluding diaryl/α,β-unsaturated/α-hetero) is 1. The zero-order chi connectivity index (χ0) is 30.0. The summed E-state index contributed by atoms with van der Waals surface area (Å²) in [6.45, 7) is 17.5. The van der Waals surface area contributed by atoms with Gasteiger partial charge in [0.2, 0.25) is 0 Å². The minimum Gasteiger partial charge on any atom is -0.462 e. The average Bonchev–Trinajstić information content (AvgIpc) is 3.14. The van der Waals surface area contributed by atoms with Gasteiger partial charge in [0.1, 0.15) is 12.2 Å². The molecule has 0 saturated heterocycles. The Morgan fingerprint density at radius 3 is 2.25 bits per heavy atom. The number of hydrogen-bond donors (Lipinski definition) is 1. The summed E-state index contributed by atoms with van der Waals surface area (Å²) in [7, 11) is 0. The van der Waals surface area contributed by atoms with Crippen LogP contribution in [0.3, 0.4) is 0 Å². The molecular weight excluding hydrogens is 504 g/mol. The molecule has 0 aromatic carbocycles. The van der Waals surface area contributed by atoms with Crippen molar-refractivity contribution in [3.05, 3.63) is 46.6 Å². The molecule has 222 valence electrons. The summed E-state index contributed by atoms with van der Waals surface area (Å²) < 4.78 is 11.3. The van der Waals surface area contributed by atoms with E-state index in [1.165, 1.54) is 19.4 Å². The van der Waals surface area contributed by atoms with Crippen LogP contribution in [0.2, 0.25) is 0 Å². The van der Waals surface area contributed by atoms with E-state index < -0.39 is 5.41 Å². The Morgan fingerprint density at radius 1 is 1.00 bits per heavy atom. The first-order valence-electron chi connectivity index (χ1n) is 14.8. The van der Waals surface area contributed by atoms with Gasteiger partial charge in [0, 0.05) is 43.1 Å². The van der Waals surface area contributed by atoms with Crippen LogP contribution in [0.15, 0.2) is 46.6 Å². The van der Waals surface area contributed by atoms with Gasteiger partial charge >= 0.3 is 11.9 Å². The molecule has 7 atom stereocenters. The van der Waals surface area contributed by atoms with Crippen molar-refractivity contribution in [3.8, 4) is 0 Å². The summed E-state index contributed by atoms with van der Waals surface area (Å²) in [6.07, 6.45) is 11.8. The average molecular weight is 555 g/mol. The van der Waals surface area contributed by atoms with Gasteiger partial charge in [0.05, 0.1) is 6.61 Å². The Balaban J connectivity index is 1.90. The quantitative estimate of drug-likeness (QED) is 0.153. The van der Waals surface area contributed by atoms with Gasteiger partial charge in [-0.05, 0) is 81.8 Å². The van der Waals surface area contributed by atoms with Crippen molar-refractivity contribution in [2.24, 2.45) is 28.1 Å². The van der Waals surface area contributed by atoms with Crippen molar-refractivity contribution in [3.63, 3.8) is 0 Å². The van der Waals surface area contributed by atoms with Crippen LogP contribution < -0.4 is 0 Å². The summed E-state index contributed by atoms with van der Waals surface area (Å²) in [5.74, 6) is -0.0670. The fraction of sp³-hybridized carbons (Fsp3) is 0.676. The summed E-state index contributed by atoms with van der Waals surface area (Å²) in [5, 5.41) is 10.6. The number of aliphatic hydroxyl groups is 1. The fourth-order valence-electron chi connectivity index (χ4n) is 8.39. The lowest BCUT2D eigenvalue weighted by atomic mass is 9.43. The van der Waals surface area contributed by atoms with Gasteiger partial charge < -0.3 is 14.6 Å². The Morgan fingerprint density at radius 2 is 1.68 bits per heavy atom. The van der Waals surface area contributed by atoms with Crippen LogP contribution in [0.25, 0.3) is 0 Å². The highest BCUT2D eigenvalue weighted by Gasteiger charge is 2.66. The van der Waals surface area contributed by atoms with Gasteiger partial charge in [-0.15, -0.1) is 0 Å². The van der Waals surface area contributed by atoms with Crippen LogP contribution in [-0.2, 0) is 23.9 Å². The molecule has 0 aromatic heterocycles. The van der Waals surface area contributed by atoms with Gasteiger partial charge in [-0.2, -0.15) is 0 Å². The Labute approximate surface area is 241 Å². The lowest BCUT2D eigenvalue weighted by Gasteiger charge is -2.62. The van der Waals surface area contributed by atoms with Crippen LogP contribution in [0.4, 0.5) is 0 Å². The monoisotopic (exact) mass is 554 g/mol. The molecule has 0 spiro atoms. The van der Waals surface area contributed by atoms with E-state index in [2.05, 4.69) is 26.8 Å². The van der Waals surface area contributed by atoms with Gasteiger partial charge in [-0.3, -0.25) is 14.4 Å². The van der Waals surface area contributed by atoms with Gasteiger partial charge in [-0.1, -0.05) is 50.6 Å². The van der Waals surface area contributed by atoms with Gasteiger partial charge in [0.25, 0.3) is 0 Å². The maximum Gasteiger partial charge on any atom is 0.303 e. The first-order chi connectivity index (χ1) is 18.6. The predicted octanol–water partition coefficient (Wildman–Crippen LogP) is 6.83. The summed E-state index contributed by atoms with van der Waals surface area (Å²) in [4.78, 5) is 37.1. The molecule has 3 saturated carbocycles. The largest absolute Gasteiger partial charge is 0.462 e. The molecule has 0 aromatic rings. The van der Waals surface area contributed by atoms with E-state index in [4.69, 9.17) is 9.47 Å². The molecule has 0 aliphatic heterocycles. The second-order valence-electron chi connectivity index (χ2n) is 13.4. The molecule has 1 N–H and O–H groups in total. The Kier molecular flexibility index (Phi) is 9.76. The van der Waals surface area contributed by atoms with Crippen LogP contribution >= 0.6 is 0 Å². The lowest BCUT2D eigenvalue weighted by Crippen LogP contribution is -2.60. The van der Waals surface area contributed by atoms with E-state index in [1.54, 1.807) is 0 Å². The molecule has 0 heterocycles. The predicted molar refractivity (Wildman–Crippen MR) is 157 cm³/mol. The van der Waals surface area contributed by atoms with Crippen molar-refractivity contribution in [2.75, 3.05) is 6.61 Å². The van der Waals surface area contributed by atoms with Crippen LogP contribution in [0.1, 0.15) is 101 Å². The third-order valence-electron chi connectivity index (χ3n) is 10.3. The number of aliphatic hydroxyl groups excluding tert-OH is 1. The second-order valence-corrected chi connectivity index (χ2v) is 13.4. The zero-order valence-electron chi connectivity index (χ0n) is 26.1. The number of ketones is 1. The van der Waals surface area contributed by atoms with E-state index in [9.17, 15) is 19.5 Å². The molecule has 0 bridgehead atoms. The SMILES string of the molecule is CC(=O)O[C@@H](CC=C(C)C)C(C)=CC=C/C(C)=C1\C(=O)C[C@H]2[C@@]3(C)CC[C@@H](OC(C)=O)[C@](C)(CO)[C@@H]3CC[C@]12C. The zero-order valence-corrected chi connectivity index (χ0v) is 26.1. The highest BCUT2D eigenvalue weighted by molar-refractivity contribution is 6.00. The van der Waals surface area contributed by atoms with Crippen molar-refractivity contribution < 1.29 is 29.0 Å². The van der Waals surface area contributed by atoms with E-state index in [1.807, 2.05) is 45.9 Å². The smallest absolute Gasteiger partial charge is 0.303 e. The molecule has 0 amide bonds. The van der Waals surface area contributed by atoms with E-state index >= 15 is 0 Å². The summed E-state index contributed by atoms with van der Waals surface area (Å²) in [6, 6.07) is 0. The standard InChI is InChI=1S/C34H50O6/c1-21(2)13-14-27(39-24(5)36)22(3)11-10-12-23(4)31-26(38)19-29-32(7)18-16-30(40-25(6)37)34(9,20-35)28(32)15-17-33(29,31)8/h10-13,27-30,35H,14-20H2,1-9H3/b12-10?,22-11?,31-23+/t27-,28+,29-,30+,32-,33-,34+/m0/s1. The van der Waals surface area contributed by atoms with Gasteiger partial charge in [0.15, 0.2) is 5.78 Å². The lowest BCUT2D eigenvalue weighted by molar-refractivity contribution is -0.198. The third kappa shape index (κ3) is 6.07. The van der Waals surface area contributed by atoms with E-state index in [0.717, 1.165) is 36.0 Å². The number of esters is 2. The highest BCUT2D eigenvalue weighted by atomic mass is 16.5. The Hall–Kier alpha value is -2.47. The minimum absolute atomic E-state index is 0.0410. The van der Waals surface area contributed by atoms with Crippen molar-refractivity contribution in [1.29, 1.82) is 0 Å². The van der Waals surface area contributed by atoms with Crippen LogP contribution in [-0.4, -0.2) is 41.6 Å². The number of hydrogen-bond acceptors (Lipinski definition) is 6. The molecule has 3 fully saturated rings. The number of ether oxygens (including phenoxy) is 2. The summed E-state index contributed by atoms with van der Waals surface area (Å²) >= 11 is 0. The topological polar surface area (TPSA) is 89.9 Å². The molecule has 6 nitrogen and oxygen atoms in total. The first-order valence-corrected chi connectivity index (χ1v) is 14.8. The van der Waals surface area contributed by atoms with Crippen molar-refractivity contribution in [2.45, 2.75) is 113 Å². The molecular formula is C34H50O6. The van der Waals surface area contributed by atoms with Crippen molar-refractivity contribution in [1.82, 2.24) is 0 Å².